The first-order chi connectivity index (χ1) is 7.85. The van der Waals surface area contributed by atoms with Crippen molar-refractivity contribution in [2.45, 2.75) is 31.6 Å². The van der Waals surface area contributed by atoms with Gasteiger partial charge in [0, 0.05) is 19.0 Å². The van der Waals surface area contributed by atoms with E-state index in [1.807, 2.05) is 13.1 Å². The van der Waals surface area contributed by atoms with Gasteiger partial charge in [-0.05, 0) is 31.6 Å². The Morgan fingerprint density at radius 1 is 1.31 bits per heavy atom. The summed E-state index contributed by atoms with van der Waals surface area (Å²) in [5.74, 6) is 3.86. The number of ether oxygens (including phenoxy) is 1. The molecule has 0 saturated heterocycles. The predicted octanol–water partition coefficient (Wildman–Crippen LogP) is 2.18. The van der Waals surface area contributed by atoms with Crippen LogP contribution in [-0.4, -0.2) is 23.6 Å². The minimum atomic E-state index is 0.566. The second kappa shape index (κ2) is 3.92. The molecule has 2 fully saturated rings. The Morgan fingerprint density at radius 3 is 2.75 bits per heavy atom. The van der Waals surface area contributed by atoms with Crippen LogP contribution in [0.3, 0.4) is 0 Å². The Kier molecular flexibility index (Phi) is 2.42. The largest absolute Gasteiger partial charge is 0.477 e. The fourth-order valence-electron chi connectivity index (χ4n) is 1.66. The second-order valence-electron chi connectivity index (χ2n) is 4.73. The predicted molar refractivity (Wildman–Crippen MR) is 61.8 cm³/mol. The van der Waals surface area contributed by atoms with E-state index in [0.29, 0.717) is 5.92 Å². The highest BCUT2D eigenvalue weighted by molar-refractivity contribution is 5.38. The lowest BCUT2D eigenvalue weighted by Gasteiger charge is -2.08. The first-order valence-electron chi connectivity index (χ1n) is 6.04. The van der Waals surface area contributed by atoms with Crippen LogP contribution in [0.5, 0.6) is 5.88 Å². The summed E-state index contributed by atoms with van der Waals surface area (Å²) in [6.45, 7) is 0.810. The summed E-state index contributed by atoms with van der Waals surface area (Å²) in [5.41, 5.74) is 0. The summed E-state index contributed by atoms with van der Waals surface area (Å²) in [7, 11) is 1.88. The van der Waals surface area contributed by atoms with Crippen LogP contribution in [0.4, 0.5) is 5.82 Å². The van der Waals surface area contributed by atoms with Crippen LogP contribution in [0.25, 0.3) is 0 Å². The quantitative estimate of drug-likeness (QED) is 0.824. The number of hydrogen-bond acceptors (Lipinski definition) is 4. The van der Waals surface area contributed by atoms with Gasteiger partial charge in [0.25, 0.3) is 0 Å². The summed E-state index contributed by atoms with van der Waals surface area (Å²) >= 11 is 0. The van der Waals surface area contributed by atoms with E-state index in [1.165, 1.54) is 25.7 Å². The Balaban J connectivity index is 1.75. The van der Waals surface area contributed by atoms with E-state index in [4.69, 9.17) is 4.74 Å². The zero-order valence-corrected chi connectivity index (χ0v) is 9.57. The minimum absolute atomic E-state index is 0.566. The van der Waals surface area contributed by atoms with Gasteiger partial charge in [0.15, 0.2) is 0 Å². The van der Waals surface area contributed by atoms with Crippen molar-refractivity contribution in [3.63, 3.8) is 0 Å². The van der Waals surface area contributed by atoms with Gasteiger partial charge < -0.3 is 10.1 Å². The third-order valence-electron chi connectivity index (χ3n) is 3.08. The molecule has 0 amide bonds. The Labute approximate surface area is 95.4 Å². The summed E-state index contributed by atoms with van der Waals surface area (Å²) in [6.07, 6.45) is 5.05. The Morgan fingerprint density at radius 2 is 2.12 bits per heavy atom. The molecule has 16 heavy (non-hydrogen) atoms. The third kappa shape index (κ3) is 2.26. The van der Waals surface area contributed by atoms with Gasteiger partial charge in [0.05, 0.1) is 6.61 Å². The highest BCUT2D eigenvalue weighted by Gasteiger charge is 2.28. The molecule has 0 aliphatic heterocycles. The number of nitrogens with one attached hydrogen (secondary N) is 1. The molecule has 2 saturated carbocycles. The molecule has 1 heterocycles. The van der Waals surface area contributed by atoms with Gasteiger partial charge in [-0.3, -0.25) is 0 Å². The maximum Gasteiger partial charge on any atom is 0.218 e. The number of anilines is 1. The lowest BCUT2D eigenvalue weighted by atomic mass is 10.4. The highest BCUT2D eigenvalue weighted by Crippen LogP contribution is 2.39. The van der Waals surface area contributed by atoms with Crippen LogP contribution in [0.1, 0.15) is 37.4 Å². The molecule has 1 N–H and O–H groups in total. The van der Waals surface area contributed by atoms with E-state index in [-0.39, 0.29) is 0 Å². The first kappa shape index (κ1) is 9.87. The maximum atomic E-state index is 5.70. The molecule has 2 aliphatic rings. The molecule has 4 nitrogen and oxygen atoms in total. The SMILES string of the molecule is CNc1cc(OCC2CC2)nc(C2CC2)n1. The molecule has 0 spiro atoms. The average Bonchev–Trinajstić information content (AvgIpc) is 3.19. The van der Waals surface area contributed by atoms with E-state index in [9.17, 15) is 0 Å². The summed E-state index contributed by atoms with van der Waals surface area (Å²) in [5, 5.41) is 3.06. The smallest absolute Gasteiger partial charge is 0.218 e. The molecule has 0 radical (unpaired) electrons. The van der Waals surface area contributed by atoms with Crippen LogP contribution >= 0.6 is 0 Å². The molecular weight excluding hydrogens is 202 g/mol. The van der Waals surface area contributed by atoms with Crippen molar-refractivity contribution >= 4 is 5.82 Å². The van der Waals surface area contributed by atoms with Gasteiger partial charge in [-0.25, -0.2) is 4.98 Å². The topological polar surface area (TPSA) is 47.0 Å². The Hall–Kier alpha value is -1.32. The molecule has 4 heteroatoms. The van der Waals surface area contributed by atoms with Gasteiger partial charge >= 0.3 is 0 Å². The van der Waals surface area contributed by atoms with E-state index in [0.717, 1.165) is 30.0 Å². The van der Waals surface area contributed by atoms with Gasteiger partial charge in [0.1, 0.15) is 11.6 Å². The fourth-order valence-corrected chi connectivity index (χ4v) is 1.66. The van der Waals surface area contributed by atoms with Crippen LogP contribution in [0.15, 0.2) is 6.07 Å². The number of nitrogens with zero attached hydrogens (tertiary/aromatic N) is 2. The summed E-state index contributed by atoms with van der Waals surface area (Å²) in [4.78, 5) is 8.92. The van der Waals surface area contributed by atoms with Crippen LogP contribution in [-0.2, 0) is 0 Å². The molecule has 0 atom stereocenters. The summed E-state index contributed by atoms with van der Waals surface area (Å²) in [6, 6.07) is 1.88. The molecule has 1 aromatic heterocycles. The van der Waals surface area contributed by atoms with Crippen molar-refractivity contribution in [2.24, 2.45) is 5.92 Å². The van der Waals surface area contributed by atoms with Crippen molar-refractivity contribution in [3.8, 4) is 5.88 Å². The van der Waals surface area contributed by atoms with Gasteiger partial charge in [-0.15, -0.1) is 0 Å². The van der Waals surface area contributed by atoms with Gasteiger partial charge in [0.2, 0.25) is 5.88 Å². The van der Waals surface area contributed by atoms with Gasteiger partial charge in [-0.2, -0.15) is 4.98 Å². The molecule has 0 aromatic carbocycles. The zero-order chi connectivity index (χ0) is 11.0. The molecule has 1 aromatic rings. The Bertz CT molecular complexity index is 386. The molecule has 2 aliphatic carbocycles. The van der Waals surface area contributed by atoms with Crippen LogP contribution in [0, 0.1) is 5.92 Å². The third-order valence-corrected chi connectivity index (χ3v) is 3.08. The lowest BCUT2D eigenvalue weighted by Crippen LogP contribution is -2.05. The molecule has 0 unspecified atom stereocenters. The van der Waals surface area contributed by atoms with E-state index in [2.05, 4.69) is 15.3 Å². The summed E-state index contributed by atoms with van der Waals surface area (Å²) < 4.78 is 5.70. The van der Waals surface area contributed by atoms with Gasteiger partial charge in [-0.1, -0.05) is 0 Å². The lowest BCUT2D eigenvalue weighted by molar-refractivity contribution is 0.287. The van der Waals surface area contributed by atoms with Crippen LogP contribution in [0.2, 0.25) is 0 Å². The zero-order valence-electron chi connectivity index (χ0n) is 9.57. The second-order valence-corrected chi connectivity index (χ2v) is 4.73. The minimum Gasteiger partial charge on any atom is -0.477 e. The van der Waals surface area contributed by atoms with Crippen molar-refractivity contribution < 1.29 is 4.74 Å². The average molecular weight is 219 g/mol. The number of aromatic nitrogens is 2. The number of hydrogen-bond donors (Lipinski definition) is 1. The van der Waals surface area contributed by atoms with Crippen molar-refractivity contribution in [2.75, 3.05) is 19.0 Å². The maximum absolute atomic E-state index is 5.70. The molecule has 86 valence electrons. The first-order valence-corrected chi connectivity index (χ1v) is 6.04. The van der Waals surface area contributed by atoms with Crippen molar-refractivity contribution in [1.29, 1.82) is 0 Å². The number of rotatable bonds is 5. The monoisotopic (exact) mass is 219 g/mol. The highest BCUT2D eigenvalue weighted by atomic mass is 16.5. The molecular formula is C12H17N3O. The van der Waals surface area contributed by atoms with E-state index < -0.39 is 0 Å². The van der Waals surface area contributed by atoms with E-state index >= 15 is 0 Å². The fraction of sp³-hybridized carbons (Fsp3) is 0.667. The molecule has 0 bridgehead atoms. The van der Waals surface area contributed by atoms with E-state index in [1.54, 1.807) is 0 Å². The normalized spacial score (nSPS) is 19.6. The van der Waals surface area contributed by atoms with Crippen molar-refractivity contribution in [1.82, 2.24) is 9.97 Å². The standard InChI is InChI=1S/C12H17N3O/c1-13-10-6-11(16-7-8-2-3-8)15-12(14-10)9-4-5-9/h6,8-9H,2-5,7H2,1H3,(H,13,14,15). The van der Waals surface area contributed by atoms with Crippen LogP contribution < -0.4 is 10.1 Å². The molecule has 3 rings (SSSR count). The van der Waals surface area contributed by atoms with Crippen molar-refractivity contribution in [3.05, 3.63) is 11.9 Å².